The lowest BCUT2D eigenvalue weighted by atomic mass is 10.1. The van der Waals surface area contributed by atoms with Gasteiger partial charge >= 0.3 is 0 Å². The molecule has 0 aliphatic carbocycles. The van der Waals surface area contributed by atoms with Crippen molar-refractivity contribution in [1.29, 1.82) is 5.26 Å². The molecule has 1 unspecified atom stereocenters. The van der Waals surface area contributed by atoms with Gasteiger partial charge in [-0.3, -0.25) is 4.79 Å². The van der Waals surface area contributed by atoms with Gasteiger partial charge in [0.15, 0.2) is 0 Å². The molecule has 1 atom stereocenters. The Hall–Kier alpha value is -1.04. The fourth-order valence-corrected chi connectivity index (χ4v) is 0.931. The normalized spacial score (nSPS) is 12.2. The Bertz CT molecular complexity index is 194. The van der Waals surface area contributed by atoms with Crippen LogP contribution < -0.4 is 5.32 Å². The summed E-state index contributed by atoms with van der Waals surface area (Å²) in [6.07, 6.45) is 2.43. The smallest absolute Gasteiger partial charge is 0.221 e. The first-order chi connectivity index (χ1) is 6.11. The molecule has 0 aliphatic rings. The number of amides is 1. The second-order valence-electron chi connectivity index (χ2n) is 3.52. The lowest BCUT2D eigenvalue weighted by Gasteiger charge is -2.14. The van der Waals surface area contributed by atoms with Crippen LogP contribution in [0.15, 0.2) is 0 Å². The Labute approximate surface area is 80.1 Å². The Morgan fingerprint density at radius 1 is 1.54 bits per heavy atom. The Balaban J connectivity index is 3.82. The van der Waals surface area contributed by atoms with Crippen LogP contribution in [0.1, 0.15) is 40.0 Å². The molecule has 0 heterocycles. The molecule has 0 aromatic rings. The molecule has 0 fully saturated rings. The van der Waals surface area contributed by atoms with Crippen LogP contribution in [-0.2, 0) is 4.79 Å². The lowest BCUT2D eigenvalue weighted by Crippen LogP contribution is -2.37. The topological polar surface area (TPSA) is 52.9 Å². The third-order valence-corrected chi connectivity index (χ3v) is 1.88. The number of nitrogens with zero attached hydrogens (tertiary/aromatic N) is 1. The van der Waals surface area contributed by atoms with Gasteiger partial charge in [-0.2, -0.15) is 5.26 Å². The van der Waals surface area contributed by atoms with E-state index in [1.165, 1.54) is 0 Å². The molecule has 0 aromatic heterocycles. The minimum atomic E-state index is -0.343. The molecular weight excluding hydrogens is 164 g/mol. The summed E-state index contributed by atoms with van der Waals surface area (Å²) in [6.45, 7) is 5.89. The maximum Gasteiger partial charge on any atom is 0.221 e. The molecule has 0 aromatic carbocycles. The van der Waals surface area contributed by atoms with Gasteiger partial charge in [0.25, 0.3) is 0 Å². The maximum atomic E-state index is 11.2. The monoisotopic (exact) mass is 182 g/mol. The van der Waals surface area contributed by atoms with Crippen molar-refractivity contribution in [3.05, 3.63) is 0 Å². The zero-order chi connectivity index (χ0) is 10.3. The highest BCUT2D eigenvalue weighted by Gasteiger charge is 2.14. The molecule has 0 spiro atoms. The van der Waals surface area contributed by atoms with Crippen LogP contribution in [0.25, 0.3) is 0 Å². The van der Waals surface area contributed by atoms with E-state index in [0.29, 0.717) is 6.42 Å². The molecule has 0 saturated heterocycles. The highest BCUT2D eigenvalue weighted by Crippen LogP contribution is 2.01. The van der Waals surface area contributed by atoms with Crippen molar-refractivity contribution in [1.82, 2.24) is 5.32 Å². The van der Waals surface area contributed by atoms with E-state index in [-0.39, 0.29) is 17.9 Å². The largest absolute Gasteiger partial charge is 0.340 e. The number of carbonyl (C=O) groups excluding carboxylic acids is 1. The minimum Gasteiger partial charge on any atom is -0.340 e. The van der Waals surface area contributed by atoms with E-state index in [1.54, 1.807) is 0 Å². The summed E-state index contributed by atoms with van der Waals surface area (Å²) in [4.78, 5) is 11.2. The molecule has 0 radical (unpaired) electrons. The highest BCUT2D eigenvalue weighted by molar-refractivity contribution is 5.76. The van der Waals surface area contributed by atoms with Gasteiger partial charge in [-0.15, -0.1) is 0 Å². The molecule has 13 heavy (non-hydrogen) atoms. The lowest BCUT2D eigenvalue weighted by molar-refractivity contribution is -0.121. The average Bonchev–Trinajstić information content (AvgIpc) is 2.10. The first kappa shape index (κ1) is 12.0. The summed E-state index contributed by atoms with van der Waals surface area (Å²) in [5.74, 6) is 0.165. The number of unbranched alkanes of at least 4 members (excludes halogenated alkanes) is 1. The van der Waals surface area contributed by atoms with E-state index in [4.69, 9.17) is 5.26 Å². The summed E-state index contributed by atoms with van der Waals surface area (Å²) < 4.78 is 0. The summed E-state index contributed by atoms with van der Waals surface area (Å²) in [5, 5.41) is 11.4. The predicted octanol–water partition coefficient (Wildman–Crippen LogP) is 1.84. The van der Waals surface area contributed by atoms with Gasteiger partial charge < -0.3 is 5.32 Å². The van der Waals surface area contributed by atoms with Crippen molar-refractivity contribution in [2.75, 3.05) is 0 Å². The van der Waals surface area contributed by atoms with E-state index in [1.807, 2.05) is 20.8 Å². The molecule has 1 amide bonds. The Kier molecular flexibility index (Phi) is 5.96. The van der Waals surface area contributed by atoms with E-state index >= 15 is 0 Å². The number of carbonyl (C=O) groups is 1. The zero-order valence-corrected chi connectivity index (χ0v) is 8.63. The Morgan fingerprint density at radius 3 is 2.54 bits per heavy atom. The number of nitriles is 1. The summed E-state index contributed by atoms with van der Waals surface area (Å²) in [6, 6.07) is 1.73. The molecule has 0 saturated carbocycles. The van der Waals surface area contributed by atoms with Crippen LogP contribution in [-0.4, -0.2) is 11.9 Å². The molecule has 3 heteroatoms. The van der Waals surface area contributed by atoms with Crippen LogP contribution in [0.3, 0.4) is 0 Å². The Morgan fingerprint density at radius 2 is 2.15 bits per heavy atom. The van der Waals surface area contributed by atoms with Gasteiger partial charge in [-0.25, -0.2) is 0 Å². The molecule has 1 N–H and O–H groups in total. The SMILES string of the molecule is CCCCC(=O)NC(C#N)C(C)C. The number of hydrogen-bond donors (Lipinski definition) is 1. The van der Waals surface area contributed by atoms with Gasteiger partial charge in [0.2, 0.25) is 5.91 Å². The van der Waals surface area contributed by atoms with Gasteiger partial charge in [-0.1, -0.05) is 27.2 Å². The number of hydrogen-bond acceptors (Lipinski definition) is 2. The van der Waals surface area contributed by atoms with Crippen LogP contribution in [0.4, 0.5) is 0 Å². The van der Waals surface area contributed by atoms with Crippen LogP contribution >= 0.6 is 0 Å². The van der Waals surface area contributed by atoms with Crippen molar-refractivity contribution in [3.8, 4) is 6.07 Å². The zero-order valence-electron chi connectivity index (χ0n) is 8.63. The van der Waals surface area contributed by atoms with Crippen LogP contribution in [0, 0.1) is 17.2 Å². The van der Waals surface area contributed by atoms with E-state index in [2.05, 4.69) is 11.4 Å². The van der Waals surface area contributed by atoms with E-state index in [0.717, 1.165) is 12.8 Å². The summed E-state index contributed by atoms with van der Waals surface area (Å²) in [5.41, 5.74) is 0. The van der Waals surface area contributed by atoms with Crippen molar-refractivity contribution in [3.63, 3.8) is 0 Å². The minimum absolute atomic E-state index is 0.0119. The fourth-order valence-electron chi connectivity index (χ4n) is 0.931. The van der Waals surface area contributed by atoms with Crippen molar-refractivity contribution < 1.29 is 4.79 Å². The van der Waals surface area contributed by atoms with Gasteiger partial charge in [-0.05, 0) is 12.3 Å². The van der Waals surface area contributed by atoms with Gasteiger partial charge in [0.05, 0.1) is 6.07 Å². The molecule has 3 nitrogen and oxygen atoms in total. The third-order valence-electron chi connectivity index (χ3n) is 1.88. The first-order valence-corrected chi connectivity index (χ1v) is 4.80. The van der Waals surface area contributed by atoms with E-state index in [9.17, 15) is 4.79 Å². The van der Waals surface area contributed by atoms with Gasteiger partial charge in [0.1, 0.15) is 6.04 Å². The molecule has 74 valence electrons. The third kappa shape index (κ3) is 5.24. The predicted molar refractivity (Wildman–Crippen MR) is 51.9 cm³/mol. The second kappa shape index (κ2) is 6.47. The molecule has 0 rings (SSSR count). The maximum absolute atomic E-state index is 11.2. The fraction of sp³-hybridized carbons (Fsp3) is 0.800. The standard InChI is InChI=1S/C10H18N2O/c1-4-5-6-10(13)12-9(7-11)8(2)3/h8-9H,4-6H2,1-3H3,(H,12,13). The summed E-state index contributed by atoms with van der Waals surface area (Å²) in [7, 11) is 0. The number of rotatable bonds is 5. The van der Waals surface area contributed by atoms with Crippen LogP contribution in [0.5, 0.6) is 0 Å². The van der Waals surface area contributed by atoms with E-state index < -0.39 is 0 Å². The van der Waals surface area contributed by atoms with Crippen molar-refractivity contribution >= 4 is 5.91 Å². The molecular formula is C10H18N2O. The first-order valence-electron chi connectivity index (χ1n) is 4.80. The van der Waals surface area contributed by atoms with Crippen molar-refractivity contribution in [2.24, 2.45) is 5.92 Å². The second-order valence-corrected chi connectivity index (χ2v) is 3.52. The van der Waals surface area contributed by atoms with Crippen molar-refractivity contribution in [2.45, 2.75) is 46.1 Å². The average molecular weight is 182 g/mol. The number of nitrogens with one attached hydrogen (secondary N) is 1. The quantitative estimate of drug-likeness (QED) is 0.705. The highest BCUT2D eigenvalue weighted by atomic mass is 16.1. The van der Waals surface area contributed by atoms with Gasteiger partial charge in [0, 0.05) is 6.42 Å². The summed E-state index contributed by atoms with van der Waals surface area (Å²) >= 11 is 0. The van der Waals surface area contributed by atoms with Crippen LogP contribution in [0.2, 0.25) is 0 Å². The molecule has 0 aliphatic heterocycles. The molecule has 0 bridgehead atoms.